The maximum atomic E-state index is 14.5. The minimum Gasteiger partial charge on any atom is -0.504 e. The Bertz CT molecular complexity index is 2020. The number of phenols is 1. The molecular weight excluding hydrogens is 715 g/mol. The minimum absolute atomic E-state index is 0.0213. The fourth-order valence-corrected chi connectivity index (χ4v) is 6.92. The second-order valence-electron chi connectivity index (χ2n) is 13.2. The summed E-state index contributed by atoms with van der Waals surface area (Å²) in [5.74, 6) is -2.45. The lowest BCUT2D eigenvalue weighted by molar-refractivity contribution is -0.136. The summed E-state index contributed by atoms with van der Waals surface area (Å²) in [4.78, 5) is 43.8. The number of rotatable bonds is 13. The van der Waals surface area contributed by atoms with Crippen LogP contribution in [0.2, 0.25) is 0 Å². The average molecular weight is 756 g/mol. The number of carbonyl (C=O) groups excluding carboxylic acids is 3. The maximum absolute atomic E-state index is 14.5. The van der Waals surface area contributed by atoms with Gasteiger partial charge in [-0.1, -0.05) is 68.9 Å². The van der Waals surface area contributed by atoms with E-state index in [9.17, 15) is 37.1 Å². The number of thiocarbonyl (C=S) groups is 1. The lowest BCUT2D eigenvalue weighted by Crippen LogP contribution is -2.65. The van der Waals surface area contributed by atoms with E-state index in [1.807, 2.05) is 13.8 Å². The van der Waals surface area contributed by atoms with Crippen LogP contribution in [0.4, 0.5) is 17.6 Å². The number of alkyl halides is 3. The number of carbonyl (C=O) groups is 3. The lowest BCUT2D eigenvalue weighted by Gasteiger charge is -2.39. The van der Waals surface area contributed by atoms with Gasteiger partial charge in [-0.15, -0.1) is 0 Å². The Hall–Kier alpha value is -5.18. The number of nitrogens with one attached hydrogen (secondary N) is 5. The van der Waals surface area contributed by atoms with Crippen LogP contribution in [0, 0.1) is 11.7 Å². The molecule has 53 heavy (non-hydrogen) atoms. The Kier molecular flexibility index (Phi) is 12.0. The number of H-pyrrole nitrogens is 1. The first-order valence-electron chi connectivity index (χ1n) is 17.1. The summed E-state index contributed by atoms with van der Waals surface area (Å²) < 4.78 is 61.1. The molecule has 1 aromatic heterocycles. The predicted octanol–water partition coefficient (Wildman–Crippen LogP) is 5.39. The van der Waals surface area contributed by atoms with Gasteiger partial charge in [-0.2, -0.15) is 13.2 Å². The van der Waals surface area contributed by atoms with Crippen LogP contribution in [0.15, 0.2) is 60.7 Å². The molecule has 1 unspecified atom stereocenters. The van der Waals surface area contributed by atoms with E-state index in [0.717, 1.165) is 6.07 Å². The zero-order valence-electron chi connectivity index (χ0n) is 29.4. The Labute approximate surface area is 309 Å². The summed E-state index contributed by atoms with van der Waals surface area (Å²) in [7, 11) is 1.44. The van der Waals surface area contributed by atoms with Gasteiger partial charge in [0.05, 0.1) is 42.2 Å². The minimum atomic E-state index is -4.63. The van der Waals surface area contributed by atoms with Crippen LogP contribution in [0.25, 0.3) is 10.9 Å². The molecule has 0 saturated heterocycles. The number of aryl methyl sites for hydroxylation is 1. The zero-order valence-corrected chi connectivity index (χ0v) is 30.2. The van der Waals surface area contributed by atoms with E-state index in [2.05, 4.69) is 26.3 Å². The number of phenolic OH excluding ortho intramolecular Hbond substituents is 1. The number of aromatic amines is 1. The monoisotopic (exact) mass is 755 g/mol. The highest BCUT2D eigenvalue weighted by Gasteiger charge is 2.46. The van der Waals surface area contributed by atoms with Gasteiger partial charge in [0.25, 0.3) is 0 Å². The lowest BCUT2D eigenvalue weighted by atomic mass is 9.78. The van der Waals surface area contributed by atoms with Crippen LogP contribution in [0.5, 0.6) is 11.5 Å². The molecule has 0 bridgehead atoms. The number of halogens is 4. The van der Waals surface area contributed by atoms with Crippen LogP contribution in [-0.4, -0.2) is 58.0 Å². The highest BCUT2D eigenvalue weighted by Crippen LogP contribution is 2.40. The topological polar surface area (TPSA) is 145 Å². The van der Waals surface area contributed by atoms with Crippen molar-refractivity contribution < 1.29 is 41.8 Å². The van der Waals surface area contributed by atoms with E-state index in [1.165, 1.54) is 43.5 Å². The number of aromatic nitrogens is 1. The number of aromatic hydroxyl groups is 1. The van der Waals surface area contributed by atoms with Crippen molar-refractivity contribution in [1.29, 1.82) is 0 Å². The van der Waals surface area contributed by atoms with Crippen molar-refractivity contribution in [1.82, 2.24) is 26.3 Å². The van der Waals surface area contributed by atoms with Gasteiger partial charge in [0.2, 0.25) is 17.7 Å². The Balaban J connectivity index is 1.40. The molecule has 0 spiro atoms. The largest absolute Gasteiger partial charge is 0.504 e. The van der Waals surface area contributed by atoms with E-state index in [0.29, 0.717) is 34.0 Å². The van der Waals surface area contributed by atoms with Crippen LogP contribution < -0.4 is 26.0 Å². The molecule has 1 aliphatic rings. The number of hydrogen-bond acceptors (Lipinski definition) is 6. The van der Waals surface area contributed by atoms with Crippen molar-refractivity contribution in [2.24, 2.45) is 5.92 Å². The van der Waals surface area contributed by atoms with E-state index in [4.69, 9.17) is 17.0 Å². The number of methoxy groups -OCH3 is 1. The van der Waals surface area contributed by atoms with Gasteiger partial charge in [0.1, 0.15) is 11.4 Å². The van der Waals surface area contributed by atoms with Gasteiger partial charge < -0.3 is 36.1 Å². The second-order valence-corrected chi connectivity index (χ2v) is 13.7. The molecule has 0 saturated carbocycles. The summed E-state index contributed by atoms with van der Waals surface area (Å²) in [6, 6.07) is 13.7. The van der Waals surface area contributed by atoms with Gasteiger partial charge in [-0.3, -0.25) is 14.4 Å². The van der Waals surface area contributed by atoms with Crippen molar-refractivity contribution >= 4 is 45.8 Å². The van der Waals surface area contributed by atoms with Gasteiger partial charge in [0, 0.05) is 24.0 Å². The number of benzene rings is 3. The normalized spacial score (nSPS) is 16.6. The summed E-state index contributed by atoms with van der Waals surface area (Å²) in [5, 5.41) is 21.9. The van der Waals surface area contributed by atoms with Crippen molar-refractivity contribution in [2.75, 3.05) is 13.7 Å². The van der Waals surface area contributed by atoms with E-state index >= 15 is 0 Å². The molecule has 3 amide bonds. The quantitative estimate of drug-likeness (QED) is 0.0794. The average Bonchev–Trinajstić information content (AvgIpc) is 3.49. The highest BCUT2D eigenvalue weighted by atomic mass is 32.1. The molecule has 1 heterocycles. The fraction of sp³-hybridized carbons (Fsp3) is 0.368. The molecule has 10 nitrogen and oxygen atoms in total. The van der Waals surface area contributed by atoms with Crippen LogP contribution in [-0.2, 0) is 46.4 Å². The van der Waals surface area contributed by atoms with Crippen molar-refractivity contribution in [3.63, 3.8) is 0 Å². The SMILES string of the molecule is CC[C@H](C)C(NC(=O)[C@@]1(NC(=O)CNC(=O)Cc2ccccc2F)CCc2[nH]c3c(C(F)(F)F)cccc3c2C1)C(=S)NCc1ccc(OC)c(O)c1. The molecular formula is C38H41F4N5O5S. The van der Waals surface area contributed by atoms with Crippen molar-refractivity contribution in [2.45, 2.75) is 70.3 Å². The van der Waals surface area contributed by atoms with Crippen molar-refractivity contribution in [3.8, 4) is 11.5 Å². The first-order valence-corrected chi connectivity index (χ1v) is 17.5. The smallest absolute Gasteiger partial charge is 0.418 e. The third kappa shape index (κ3) is 8.90. The van der Waals surface area contributed by atoms with Gasteiger partial charge >= 0.3 is 6.18 Å². The van der Waals surface area contributed by atoms with Gasteiger partial charge in [-0.25, -0.2) is 4.39 Å². The summed E-state index contributed by atoms with van der Waals surface area (Å²) >= 11 is 5.75. The number of ether oxygens (including phenoxy) is 1. The number of fused-ring (bicyclic) bond motifs is 3. The molecule has 282 valence electrons. The van der Waals surface area contributed by atoms with Crippen molar-refractivity contribution in [3.05, 3.63) is 94.4 Å². The van der Waals surface area contributed by atoms with Crippen LogP contribution in [0.3, 0.4) is 0 Å². The Morgan fingerprint density at radius 3 is 2.49 bits per heavy atom. The van der Waals surface area contributed by atoms with Crippen LogP contribution >= 0.6 is 12.2 Å². The van der Waals surface area contributed by atoms with Crippen LogP contribution in [0.1, 0.15) is 54.6 Å². The molecule has 15 heteroatoms. The molecule has 0 aliphatic heterocycles. The summed E-state index contributed by atoms with van der Waals surface area (Å²) in [6.45, 7) is 3.50. The predicted molar refractivity (Wildman–Crippen MR) is 195 cm³/mol. The fourth-order valence-electron chi connectivity index (χ4n) is 6.56. The van der Waals surface area contributed by atoms with E-state index < -0.39 is 53.4 Å². The second kappa shape index (κ2) is 16.2. The van der Waals surface area contributed by atoms with E-state index in [-0.39, 0.29) is 60.4 Å². The zero-order chi connectivity index (χ0) is 38.5. The van der Waals surface area contributed by atoms with Gasteiger partial charge in [0.15, 0.2) is 11.5 Å². The molecule has 0 radical (unpaired) electrons. The molecule has 5 rings (SSSR count). The third-order valence-corrected chi connectivity index (χ3v) is 10.1. The molecule has 3 atom stereocenters. The molecule has 3 aromatic carbocycles. The van der Waals surface area contributed by atoms with E-state index in [1.54, 1.807) is 18.2 Å². The first kappa shape index (κ1) is 39.0. The first-order chi connectivity index (χ1) is 25.2. The van der Waals surface area contributed by atoms with Gasteiger partial charge in [-0.05, 0) is 59.7 Å². The number of para-hydroxylation sites is 1. The molecule has 6 N–H and O–H groups in total. The summed E-state index contributed by atoms with van der Waals surface area (Å²) in [5.41, 5.74) is -0.796. The Morgan fingerprint density at radius 2 is 1.81 bits per heavy atom. The standard InChI is InChI=1S/C38H41F4N5O5S/c1-4-21(2)33(35(53)44-19-22-12-13-30(52-3)29(48)16-22)46-36(51)37(47-32(50)20-43-31(49)17-23-8-5-6-11-27(23)39)15-14-28-25(18-37)24-9-7-10-26(34(24)45-28)38(40,41)42/h5-13,16,21,33,45,48H,4,14-15,17-20H2,1-3H3,(H,43,49)(H,44,53)(H,46,51)(H,47,50)/t21-,33?,37+/m0/s1. The number of hydrogen-bond donors (Lipinski definition) is 6. The molecule has 4 aromatic rings. The highest BCUT2D eigenvalue weighted by molar-refractivity contribution is 7.80. The Morgan fingerprint density at radius 1 is 1.06 bits per heavy atom. The molecule has 1 aliphatic carbocycles. The molecule has 0 fully saturated rings. The number of amides is 3. The third-order valence-electron chi connectivity index (χ3n) is 9.68. The summed E-state index contributed by atoms with van der Waals surface area (Å²) in [6.07, 6.45) is -4.34. The maximum Gasteiger partial charge on any atom is 0.418 e.